The summed E-state index contributed by atoms with van der Waals surface area (Å²) in [5, 5.41) is 3.61. The second kappa shape index (κ2) is 5.89. The van der Waals surface area contributed by atoms with Crippen molar-refractivity contribution in [3.63, 3.8) is 0 Å². The molecule has 1 N–H and O–H groups in total. The van der Waals surface area contributed by atoms with Crippen molar-refractivity contribution in [1.82, 2.24) is 5.32 Å². The largest absolute Gasteiger partial charge is 0.314 e. The quantitative estimate of drug-likeness (QED) is 0.700. The van der Waals surface area contributed by atoms with Crippen molar-refractivity contribution in [3.05, 3.63) is 0 Å². The topological polar surface area (TPSA) is 12.0 Å². The van der Waals surface area contributed by atoms with Crippen molar-refractivity contribution in [2.45, 2.75) is 72.3 Å². The number of hydrogen-bond donors (Lipinski definition) is 1. The van der Waals surface area contributed by atoms with E-state index in [4.69, 9.17) is 0 Å². The SMILES string of the molecule is CCCNC(C)CC(C)(C)C1CCCC1. The second-order valence-electron chi connectivity index (χ2n) is 6.03. The van der Waals surface area contributed by atoms with E-state index >= 15 is 0 Å². The van der Waals surface area contributed by atoms with Gasteiger partial charge >= 0.3 is 0 Å². The van der Waals surface area contributed by atoms with Crippen molar-refractivity contribution in [3.8, 4) is 0 Å². The molecule has 1 aliphatic carbocycles. The first-order valence-corrected chi connectivity index (χ1v) is 6.79. The maximum atomic E-state index is 3.61. The van der Waals surface area contributed by atoms with Crippen LogP contribution in [0.25, 0.3) is 0 Å². The van der Waals surface area contributed by atoms with Gasteiger partial charge in [0.25, 0.3) is 0 Å². The average Bonchev–Trinajstić information content (AvgIpc) is 2.67. The lowest BCUT2D eigenvalue weighted by Gasteiger charge is -2.34. The molecule has 0 saturated heterocycles. The minimum Gasteiger partial charge on any atom is -0.314 e. The van der Waals surface area contributed by atoms with Crippen LogP contribution in [-0.2, 0) is 0 Å². The summed E-state index contributed by atoms with van der Waals surface area (Å²) in [6.07, 6.45) is 8.43. The number of hydrogen-bond acceptors (Lipinski definition) is 1. The van der Waals surface area contributed by atoms with Crippen LogP contribution in [0.4, 0.5) is 0 Å². The molecule has 1 rings (SSSR count). The van der Waals surface area contributed by atoms with E-state index in [9.17, 15) is 0 Å². The maximum absolute atomic E-state index is 3.61. The Morgan fingerprint density at radius 3 is 2.40 bits per heavy atom. The van der Waals surface area contributed by atoms with Crippen LogP contribution in [0.1, 0.15) is 66.2 Å². The van der Waals surface area contributed by atoms with Crippen LogP contribution in [0.3, 0.4) is 0 Å². The summed E-state index contributed by atoms with van der Waals surface area (Å²) in [5.41, 5.74) is 0.538. The molecule has 1 fully saturated rings. The van der Waals surface area contributed by atoms with Crippen LogP contribution in [-0.4, -0.2) is 12.6 Å². The molecule has 15 heavy (non-hydrogen) atoms. The Balaban J connectivity index is 2.33. The smallest absolute Gasteiger partial charge is 0.00439 e. The van der Waals surface area contributed by atoms with Crippen molar-refractivity contribution in [1.29, 1.82) is 0 Å². The summed E-state index contributed by atoms with van der Waals surface area (Å²) >= 11 is 0. The van der Waals surface area contributed by atoms with Crippen molar-refractivity contribution in [2.24, 2.45) is 11.3 Å². The third-order valence-electron chi connectivity index (χ3n) is 4.04. The monoisotopic (exact) mass is 211 g/mol. The first-order chi connectivity index (χ1) is 7.06. The summed E-state index contributed by atoms with van der Waals surface area (Å²) in [7, 11) is 0. The Bertz CT molecular complexity index is 168. The van der Waals surface area contributed by atoms with E-state index in [0.717, 1.165) is 5.92 Å². The lowest BCUT2D eigenvalue weighted by molar-refractivity contribution is 0.178. The molecule has 0 radical (unpaired) electrons. The highest BCUT2D eigenvalue weighted by Gasteiger charge is 2.32. The van der Waals surface area contributed by atoms with E-state index in [1.54, 1.807) is 0 Å². The first-order valence-electron chi connectivity index (χ1n) is 6.79. The molecule has 1 saturated carbocycles. The Hall–Kier alpha value is -0.0400. The Labute approximate surface area is 96.0 Å². The zero-order valence-electron chi connectivity index (χ0n) is 11.1. The van der Waals surface area contributed by atoms with Crippen LogP contribution in [0.2, 0.25) is 0 Å². The van der Waals surface area contributed by atoms with E-state index in [2.05, 4.69) is 33.0 Å². The highest BCUT2D eigenvalue weighted by Crippen LogP contribution is 2.42. The fraction of sp³-hybridized carbons (Fsp3) is 1.00. The Morgan fingerprint density at radius 2 is 1.87 bits per heavy atom. The predicted octanol–water partition coefficient (Wildman–Crippen LogP) is 3.98. The lowest BCUT2D eigenvalue weighted by atomic mass is 9.73. The molecule has 0 aromatic heterocycles. The molecule has 1 heteroatoms. The molecule has 0 amide bonds. The van der Waals surface area contributed by atoms with E-state index in [1.165, 1.54) is 45.1 Å². The summed E-state index contributed by atoms with van der Waals surface area (Å²) in [4.78, 5) is 0. The molecular weight excluding hydrogens is 182 g/mol. The summed E-state index contributed by atoms with van der Waals surface area (Å²) in [5.74, 6) is 0.975. The number of nitrogens with one attached hydrogen (secondary N) is 1. The molecule has 90 valence electrons. The molecule has 1 aliphatic rings. The highest BCUT2D eigenvalue weighted by atomic mass is 14.9. The lowest BCUT2D eigenvalue weighted by Crippen LogP contribution is -2.34. The Kier molecular flexibility index (Phi) is 5.11. The van der Waals surface area contributed by atoms with Gasteiger partial charge in [-0.25, -0.2) is 0 Å². The molecule has 0 aromatic rings. The fourth-order valence-corrected chi connectivity index (χ4v) is 3.13. The van der Waals surface area contributed by atoms with Crippen molar-refractivity contribution < 1.29 is 0 Å². The van der Waals surface area contributed by atoms with Crippen molar-refractivity contribution >= 4 is 0 Å². The van der Waals surface area contributed by atoms with Gasteiger partial charge in [-0.1, -0.05) is 33.6 Å². The van der Waals surface area contributed by atoms with Crippen LogP contribution in [0.15, 0.2) is 0 Å². The molecule has 0 bridgehead atoms. The number of rotatable bonds is 6. The van der Waals surface area contributed by atoms with E-state index in [-0.39, 0.29) is 0 Å². The first kappa shape index (κ1) is 13.0. The molecule has 1 unspecified atom stereocenters. The summed E-state index contributed by atoms with van der Waals surface area (Å²) < 4.78 is 0. The van der Waals surface area contributed by atoms with Gasteiger partial charge in [0, 0.05) is 6.04 Å². The van der Waals surface area contributed by atoms with Gasteiger partial charge in [-0.2, -0.15) is 0 Å². The molecular formula is C14H29N. The molecule has 0 aliphatic heterocycles. The summed E-state index contributed by atoms with van der Waals surface area (Å²) in [6, 6.07) is 0.681. The molecule has 0 spiro atoms. The van der Waals surface area contributed by atoms with Gasteiger partial charge < -0.3 is 5.32 Å². The zero-order valence-corrected chi connectivity index (χ0v) is 11.1. The van der Waals surface area contributed by atoms with E-state index in [0.29, 0.717) is 11.5 Å². The molecule has 0 aromatic carbocycles. The van der Waals surface area contributed by atoms with Crippen LogP contribution < -0.4 is 5.32 Å². The molecule has 0 heterocycles. The van der Waals surface area contributed by atoms with Gasteiger partial charge in [0.05, 0.1) is 0 Å². The van der Waals surface area contributed by atoms with E-state index in [1.807, 2.05) is 0 Å². The van der Waals surface area contributed by atoms with Crippen molar-refractivity contribution in [2.75, 3.05) is 6.54 Å². The van der Waals surface area contributed by atoms with E-state index < -0.39 is 0 Å². The highest BCUT2D eigenvalue weighted by molar-refractivity contribution is 4.85. The third kappa shape index (κ3) is 4.14. The van der Waals surface area contributed by atoms with Gasteiger partial charge in [-0.3, -0.25) is 0 Å². The minimum atomic E-state index is 0.538. The van der Waals surface area contributed by atoms with Gasteiger partial charge in [-0.15, -0.1) is 0 Å². The second-order valence-corrected chi connectivity index (χ2v) is 6.03. The molecule has 1 nitrogen and oxygen atoms in total. The van der Waals surface area contributed by atoms with Crippen LogP contribution in [0, 0.1) is 11.3 Å². The fourth-order valence-electron chi connectivity index (χ4n) is 3.13. The normalized spacial score (nSPS) is 20.8. The van der Waals surface area contributed by atoms with Gasteiger partial charge in [0.1, 0.15) is 0 Å². The average molecular weight is 211 g/mol. The minimum absolute atomic E-state index is 0.538. The maximum Gasteiger partial charge on any atom is 0.00439 e. The zero-order chi connectivity index (χ0) is 11.3. The Morgan fingerprint density at radius 1 is 1.27 bits per heavy atom. The van der Waals surface area contributed by atoms with Gasteiger partial charge in [0.2, 0.25) is 0 Å². The standard InChI is InChI=1S/C14H29N/c1-5-10-15-12(2)11-14(3,4)13-8-6-7-9-13/h12-13,15H,5-11H2,1-4H3. The summed E-state index contributed by atoms with van der Waals surface area (Å²) in [6.45, 7) is 10.7. The predicted molar refractivity (Wildman–Crippen MR) is 68.1 cm³/mol. The van der Waals surface area contributed by atoms with Crippen LogP contribution in [0.5, 0.6) is 0 Å². The van der Waals surface area contributed by atoms with Gasteiger partial charge in [0.15, 0.2) is 0 Å². The molecule has 1 atom stereocenters. The third-order valence-corrected chi connectivity index (χ3v) is 4.04. The van der Waals surface area contributed by atoms with Crippen LogP contribution >= 0.6 is 0 Å². The van der Waals surface area contributed by atoms with Gasteiger partial charge in [-0.05, 0) is 50.5 Å².